The van der Waals surface area contributed by atoms with Gasteiger partial charge in [-0.25, -0.2) is 8.78 Å². The molecular formula is C34H41F2N7O2. The van der Waals surface area contributed by atoms with Crippen LogP contribution in [-0.2, 0) is 30.6 Å². The number of anilines is 2. The molecule has 1 amide bonds. The molecule has 9 nitrogen and oxygen atoms in total. The first-order valence-corrected chi connectivity index (χ1v) is 16.4. The number of fused-ring (bicyclic) bond motifs is 3. The lowest BCUT2D eigenvalue weighted by Crippen LogP contribution is -2.55. The standard InChI is InChI=1S/C34H41F2N7O2/c1-2-31(44)43-17-16-41(20-24(43)10-13-37)32-27-11-15-40(30-9-8-28(36)25-6-3-4-7-26(25)30)21-29(27)38-33(39-32)45-22-34-12-5-14-42(34)19-23(35)18-34/h2,8-9,23-24H,1,3-7,10-12,14-22H2/t23-,24+,34+/m1/s1. The Labute approximate surface area is 263 Å². The van der Waals surface area contributed by atoms with Crippen molar-refractivity contribution >= 4 is 17.4 Å². The molecule has 0 spiro atoms. The third kappa shape index (κ3) is 5.51. The number of alkyl halides is 1. The molecule has 0 bridgehead atoms. The first-order valence-electron chi connectivity index (χ1n) is 16.4. The minimum absolute atomic E-state index is 0.116. The lowest BCUT2D eigenvalue weighted by Gasteiger charge is -2.42. The number of aromatic nitrogens is 2. The fourth-order valence-electron chi connectivity index (χ4n) is 8.40. The molecule has 0 saturated carbocycles. The lowest BCUT2D eigenvalue weighted by atomic mass is 9.89. The van der Waals surface area contributed by atoms with Crippen LogP contribution in [0.3, 0.4) is 0 Å². The van der Waals surface area contributed by atoms with Gasteiger partial charge in [-0.2, -0.15) is 15.2 Å². The third-order valence-electron chi connectivity index (χ3n) is 10.6. The Balaban J connectivity index is 1.21. The van der Waals surface area contributed by atoms with Crippen molar-refractivity contribution in [3.63, 3.8) is 0 Å². The number of benzene rings is 1. The molecule has 1 aliphatic carbocycles. The SMILES string of the molecule is C=CC(=O)N1CCN(c2nc(OC[C@@]34CCCN3C[C@H](F)C4)nc3c2CCN(c2ccc(F)c4c2CCCC4)C3)C[C@@H]1CC#N. The zero-order chi connectivity index (χ0) is 31.1. The van der Waals surface area contributed by atoms with Gasteiger partial charge in [0.05, 0.1) is 36.3 Å². The maximum atomic E-state index is 14.7. The summed E-state index contributed by atoms with van der Waals surface area (Å²) in [4.78, 5) is 30.9. The molecule has 5 heterocycles. The van der Waals surface area contributed by atoms with Gasteiger partial charge in [0.25, 0.3) is 0 Å². The molecule has 1 aromatic heterocycles. The highest BCUT2D eigenvalue weighted by Gasteiger charge is 2.49. The molecule has 0 radical (unpaired) electrons. The van der Waals surface area contributed by atoms with Gasteiger partial charge in [0, 0.05) is 50.4 Å². The summed E-state index contributed by atoms with van der Waals surface area (Å²) < 4.78 is 35.6. The van der Waals surface area contributed by atoms with E-state index in [-0.39, 0.29) is 35.7 Å². The minimum Gasteiger partial charge on any atom is -0.461 e. The van der Waals surface area contributed by atoms with Crippen LogP contribution in [0, 0.1) is 17.1 Å². The highest BCUT2D eigenvalue weighted by atomic mass is 19.1. The number of ether oxygens (including phenoxy) is 1. The van der Waals surface area contributed by atoms with E-state index in [9.17, 15) is 18.8 Å². The summed E-state index contributed by atoms with van der Waals surface area (Å²) in [5.41, 5.74) is 4.61. The summed E-state index contributed by atoms with van der Waals surface area (Å²) in [5, 5.41) is 9.55. The zero-order valence-corrected chi connectivity index (χ0v) is 25.8. The molecular weight excluding hydrogens is 576 g/mol. The summed E-state index contributed by atoms with van der Waals surface area (Å²) in [6, 6.07) is 5.73. The van der Waals surface area contributed by atoms with Crippen molar-refractivity contribution in [2.45, 2.75) is 82.1 Å². The van der Waals surface area contributed by atoms with Gasteiger partial charge in [0.1, 0.15) is 24.4 Å². The normalized spacial score (nSPS) is 26.2. The smallest absolute Gasteiger partial charge is 0.318 e. The number of nitriles is 1. The molecule has 3 saturated heterocycles. The molecule has 45 heavy (non-hydrogen) atoms. The Morgan fingerprint density at radius 2 is 1.91 bits per heavy atom. The summed E-state index contributed by atoms with van der Waals surface area (Å²) in [6.07, 6.45) is 7.45. The van der Waals surface area contributed by atoms with Gasteiger partial charge >= 0.3 is 6.01 Å². The molecule has 0 N–H and O–H groups in total. The van der Waals surface area contributed by atoms with E-state index in [0.29, 0.717) is 52.2 Å². The Hall–Kier alpha value is -3.78. The van der Waals surface area contributed by atoms with Gasteiger partial charge in [0.15, 0.2) is 0 Å². The second kappa shape index (κ2) is 12.2. The maximum Gasteiger partial charge on any atom is 0.318 e. The monoisotopic (exact) mass is 617 g/mol. The second-order valence-corrected chi connectivity index (χ2v) is 13.2. The Bertz CT molecular complexity index is 1530. The van der Waals surface area contributed by atoms with Crippen LogP contribution < -0.4 is 14.5 Å². The number of piperazine rings is 1. The van der Waals surface area contributed by atoms with Crippen molar-refractivity contribution in [1.29, 1.82) is 5.26 Å². The van der Waals surface area contributed by atoms with E-state index < -0.39 is 6.17 Å². The number of amides is 1. The predicted molar refractivity (Wildman–Crippen MR) is 167 cm³/mol. The molecule has 3 fully saturated rings. The van der Waals surface area contributed by atoms with Crippen molar-refractivity contribution < 1.29 is 18.3 Å². The second-order valence-electron chi connectivity index (χ2n) is 13.2. The van der Waals surface area contributed by atoms with Gasteiger partial charge in [-0.05, 0) is 80.8 Å². The quantitative estimate of drug-likeness (QED) is 0.429. The highest BCUT2D eigenvalue weighted by molar-refractivity contribution is 5.87. The molecule has 238 valence electrons. The topological polar surface area (TPSA) is 88.8 Å². The number of rotatable bonds is 7. The van der Waals surface area contributed by atoms with Crippen LogP contribution in [0.4, 0.5) is 20.3 Å². The van der Waals surface area contributed by atoms with E-state index in [1.165, 1.54) is 6.08 Å². The van der Waals surface area contributed by atoms with Crippen molar-refractivity contribution in [1.82, 2.24) is 19.8 Å². The Morgan fingerprint density at radius 1 is 1.07 bits per heavy atom. The number of halogens is 2. The van der Waals surface area contributed by atoms with Gasteiger partial charge in [0.2, 0.25) is 5.91 Å². The van der Waals surface area contributed by atoms with Crippen molar-refractivity contribution in [2.75, 3.05) is 55.7 Å². The van der Waals surface area contributed by atoms with Crippen molar-refractivity contribution in [3.05, 3.63) is 53.0 Å². The fraction of sp³-hybridized carbons (Fsp3) is 0.588. The van der Waals surface area contributed by atoms with Gasteiger partial charge in [-0.1, -0.05) is 6.58 Å². The van der Waals surface area contributed by atoms with E-state index in [1.54, 1.807) is 11.0 Å². The average molecular weight is 618 g/mol. The van der Waals surface area contributed by atoms with Gasteiger partial charge in [-0.15, -0.1) is 0 Å². The number of hydrogen-bond acceptors (Lipinski definition) is 8. The molecule has 2 aromatic rings. The fourth-order valence-corrected chi connectivity index (χ4v) is 8.40. The van der Waals surface area contributed by atoms with Crippen LogP contribution in [0.25, 0.3) is 0 Å². The van der Waals surface area contributed by atoms with E-state index in [4.69, 9.17) is 14.7 Å². The predicted octanol–water partition coefficient (Wildman–Crippen LogP) is 4.13. The molecule has 5 aliphatic rings. The first-order chi connectivity index (χ1) is 21.9. The number of carbonyl (C=O) groups excluding carboxylic acids is 1. The molecule has 7 rings (SSSR count). The average Bonchev–Trinajstić information content (AvgIpc) is 3.59. The molecule has 0 unspecified atom stereocenters. The van der Waals surface area contributed by atoms with Crippen LogP contribution in [-0.4, -0.2) is 89.3 Å². The van der Waals surface area contributed by atoms with Crippen LogP contribution >= 0.6 is 0 Å². The largest absolute Gasteiger partial charge is 0.461 e. The summed E-state index contributed by atoms with van der Waals surface area (Å²) in [5.74, 6) is 0.486. The third-order valence-corrected chi connectivity index (χ3v) is 10.6. The molecule has 11 heteroatoms. The lowest BCUT2D eigenvalue weighted by molar-refractivity contribution is -0.128. The summed E-state index contributed by atoms with van der Waals surface area (Å²) >= 11 is 0. The number of nitrogens with zero attached hydrogens (tertiary/aromatic N) is 7. The van der Waals surface area contributed by atoms with Gasteiger partial charge in [-0.3, -0.25) is 9.69 Å². The van der Waals surface area contributed by atoms with E-state index in [2.05, 4.69) is 27.3 Å². The summed E-state index contributed by atoms with van der Waals surface area (Å²) in [7, 11) is 0. The van der Waals surface area contributed by atoms with Crippen LogP contribution in [0.5, 0.6) is 6.01 Å². The van der Waals surface area contributed by atoms with E-state index in [1.807, 2.05) is 6.07 Å². The molecule has 4 aliphatic heterocycles. The van der Waals surface area contributed by atoms with Crippen LogP contribution in [0.2, 0.25) is 0 Å². The van der Waals surface area contributed by atoms with E-state index >= 15 is 0 Å². The maximum absolute atomic E-state index is 14.7. The van der Waals surface area contributed by atoms with Gasteiger partial charge < -0.3 is 19.4 Å². The van der Waals surface area contributed by atoms with Crippen LogP contribution in [0.15, 0.2) is 24.8 Å². The van der Waals surface area contributed by atoms with Crippen molar-refractivity contribution in [3.8, 4) is 12.1 Å². The Kier molecular flexibility index (Phi) is 8.11. The van der Waals surface area contributed by atoms with Crippen molar-refractivity contribution in [2.24, 2.45) is 0 Å². The Morgan fingerprint density at radius 3 is 2.73 bits per heavy atom. The molecule has 1 aromatic carbocycles. The van der Waals surface area contributed by atoms with E-state index in [0.717, 1.165) is 85.5 Å². The minimum atomic E-state index is -0.851. The zero-order valence-electron chi connectivity index (χ0n) is 25.8. The number of hydrogen-bond donors (Lipinski definition) is 0. The number of carbonyl (C=O) groups is 1. The summed E-state index contributed by atoms with van der Waals surface area (Å²) in [6.45, 7) is 8.07. The first kappa shape index (κ1) is 29.9. The molecule has 3 atom stereocenters. The highest BCUT2D eigenvalue weighted by Crippen LogP contribution is 2.41. The van der Waals surface area contributed by atoms with Crippen LogP contribution in [0.1, 0.15) is 60.9 Å².